The number of rotatable bonds is 6. The van der Waals surface area contributed by atoms with Crippen LogP contribution in [0.4, 0.5) is 0 Å². The minimum atomic E-state index is -0.564. The van der Waals surface area contributed by atoms with Crippen molar-refractivity contribution in [3.63, 3.8) is 0 Å². The number of halogens is 1. The molecule has 27 heavy (non-hydrogen) atoms. The van der Waals surface area contributed by atoms with E-state index in [4.69, 9.17) is 26.3 Å². The van der Waals surface area contributed by atoms with E-state index in [2.05, 4.69) is 5.10 Å². The summed E-state index contributed by atoms with van der Waals surface area (Å²) in [6.07, 6.45) is 0. The van der Waals surface area contributed by atoms with E-state index >= 15 is 0 Å². The number of carbonyl (C=O) groups is 1. The fraction of sp³-hybridized carbons (Fsp3) is 0.150. The van der Waals surface area contributed by atoms with Crippen molar-refractivity contribution in [3.05, 3.63) is 76.6 Å². The van der Waals surface area contributed by atoms with Crippen LogP contribution in [0.2, 0.25) is 5.15 Å². The van der Waals surface area contributed by atoms with Crippen LogP contribution in [0.15, 0.2) is 54.6 Å². The minimum absolute atomic E-state index is 0.0143. The molecule has 3 rings (SSSR count). The molecule has 7 heteroatoms. The second kappa shape index (κ2) is 8.39. The van der Waals surface area contributed by atoms with Crippen molar-refractivity contribution < 1.29 is 14.3 Å². The number of hydrogen-bond donors (Lipinski definition) is 0. The summed E-state index contributed by atoms with van der Waals surface area (Å²) in [7, 11) is 0. The second-order valence-corrected chi connectivity index (χ2v) is 6.02. The third-order valence-electron chi connectivity index (χ3n) is 3.85. The number of carbonyl (C=O) groups excluding carboxylic acids is 1. The number of nitriles is 1. The molecule has 0 amide bonds. The van der Waals surface area contributed by atoms with Gasteiger partial charge in [-0.3, -0.25) is 0 Å². The van der Waals surface area contributed by atoms with Crippen molar-refractivity contribution in [1.82, 2.24) is 9.78 Å². The summed E-state index contributed by atoms with van der Waals surface area (Å²) in [6, 6.07) is 18.1. The van der Waals surface area contributed by atoms with Gasteiger partial charge in [0.05, 0.1) is 16.9 Å². The maximum Gasteiger partial charge on any atom is 0.344 e. The molecule has 0 fully saturated rings. The second-order valence-electron chi connectivity index (χ2n) is 5.66. The molecule has 0 aliphatic carbocycles. The first-order valence-corrected chi connectivity index (χ1v) is 8.55. The van der Waals surface area contributed by atoms with E-state index in [0.717, 1.165) is 5.69 Å². The normalized spacial score (nSPS) is 10.3. The topological polar surface area (TPSA) is 77.1 Å². The number of nitrogens with zero attached hydrogens (tertiary/aromatic N) is 3. The largest absolute Gasteiger partial charge is 0.481 e. The highest BCUT2D eigenvalue weighted by Crippen LogP contribution is 2.24. The number of hydrogen-bond acceptors (Lipinski definition) is 5. The quantitative estimate of drug-likeness (QED) is 0.606. The highest BCUT2D eigenvalue weighted by Gasteiger charge is 2.17. The van der Waals surface area contributed by atoms with Gasteiger partial charge in [0.25, 0.3) is 0 Å². The standard InChI is InChI=1S/C20H16ClN3O3/c1-14-17(20(21)24(23-14)16-8-3-2-4-9-16)12-27-19(25)13-26-18-10-6-5-7-15(18)11-22/h2-10H,12-13H2,1H3. The van der Waals surface area contributed by atoms with Crippen LogP contribution < -0.4 is 4.74 Å². The zero-order valence-corrected chi connectivity index (χ0v) is 15.3. The number of benzene rings is 2. The molecular weight excluding hydrogens is 366 g/mol. The lowest BCUT2D eigenvalue weighted by atomic mass is 10.2. The molecule has 1 heterocycles. The maximum atomic E-state index is 12.0. The Bertz CT molecular complexity index is 993. The van der Waals surface area contributed by atoms with E-state index in [1.54, 1.807) is 35.9 Å². The molecule has 0 unspecified atom stereocenters. The molecule has 0 bridgehead atoms. The van der Waals surface area contributed by atoms with Gasteiger partial charge >= 0.3 is 5.97 Å². The Morgan fingerprint density at radius 3 is 2.63 bits per heavy atom. The molecule has 0 aliphatic rings. The fourth-order valence-corrected chi connectivity index (χ4v) is 2.78. The van der Waals surface area contributed by atoms with E-state index in [1.807, 2.05) is 36.4 Å². The molecule has 0 spiro atoms. The Labute approximate surface area is 161 Å². The summed E-state index contributed by atoms with van der Waals surface area (Å²) < 4.78 is 12.2. The van der Waals surface area contributed by atoms with Gasteiger partial charge in [0.2, 0.25) is 0 Å². The maximum absolute atomic E-state index is 12.0. The van der Waals surface area contributed by atoms with Crippen LogP contribution in [0.1, 0.15) is 16.8 Å². The third kappa shape index (κ3) is 4.27. The van der Waals surface area contributed by atoms with Crippen LogP contribution >= 0.6 is 11.6 Å². The van der Waals surface area contributed by atoms with Gasteiger partial charge in [0, 0.05) is 5.56 Å². The van der Waals surface area contributed by atoms with Crippen LogP contribution in [0, 0.1) is 18.3 Å². The number of aromatic nitrogens is 2. The van der Waals surface area contributed by atoms with Crippen molar-refractivity contribution in [1.29, 1.82) is 5.26 Å². The number of esters is 1. The van der Waals surface area contributed by atoms with Crippen LogP contribution in [0.3, 0.4) is 0 Å². The van der Waals surface area contributed by atoms with Crippen molar-refractivity contribution in [2.24, 2.45) is 0 Å². The van der Waals surface area contributed by atoms with Crippen LogP contribution in [-0.4, -0.2) is 22.4 Å². The lowest BCUT2D eigenvalue weighted by Crippen LogP contribution is -2.15. The predicted octanol–water partition coefficient (Wildman–Crippen LogP) is 3.83. The molecule has 1 aromatic heterocycles. The van der Waals surface area contributed by atoms with Crippen LogP contribution in [-0.2, 0) is 16.1 Å². The van der Waals surface area contributed by atoms with E-state index in [1.165, 1.54) is 0 Å². The molecule has 3 aromatic rings. The zero-order chi connectivity index (χ0) is 19.2. The molecule has 0 N–H and O–H groups in total. The summed E-state index contributed by atoms with van der Waals surface area (Å²) >= 11 is 6.40. The first kappa shape index (κ1) is 18.5. The lowest BCUT2D eigenvalue weighted by molar-refractivity contribution is -0.147. The third-order valence-corrected chi connectivity index (χ3v) is 4.24. The summed E-state index contributed by atoms with van der Waals surface area (Å²) in [5, 5.41) is 13.8. The average Bonchev–Trinajstić information content (AvgIpc) is 2.99. The molecule has 0 atom stereocenters. The molecule has 0 aliphatic heterocycles. The molecule has 2 aromatic carbocycles. The van der Waals surface area contributed by atoms with E-state index < -0.39 is 5.97 Å². The summed E-state index contributed by atoms with van der Waals surface area (Å²) in [5.41, 5.74) is 2.48. The van der Waals surface area contributed by atoms with Gasteiger partial charge < -0.3 is 9.47 Å². The molecule has 0 radical (unpaired) electrons. The molecule has 6 nitrogen and oxygen atoms in total. The van der Waals surface area contributed by atoms with Gasteiger partial charge in [-0.05, 0) is 31.2 Å². The van der Waals surface area contributed by atoms with Crippen LogP contribution in [0.5, 0.6) is 5.75 Å². The Morgan fingerprint density at radius 1 is 1.19 bits per heavy atom. The van der Waals surface area contributed by atoms with E-state index in [9.17, 15) is 4.79 Å². The van der Waals surface area contributed by atoms with Crippen molar-refractivity contribution in [2.45, 2.75) is 13.5 Å². The van der Waals surface area contributed by atoms with Gasteiger partial charge in [-0.2, -0.15) is 10.4 Å². The summed E-state index contributed by atoms with van der Waals surface area (Å²) in [6.45, 7) is 1.48. The molecule has 0 saturated carbocycles. The predicted molar refractivity (Wildman–Crippen MR) is 99.8 cm³/mol. The first-order chi connectivity index (χ1) is 13.1. The fourth-order valence-electron chi connectivity index (χ4n) is 2.45. The SMILES string of the molecule is Cc1nn(-c2ccccc2)c(Cl)c1COC(=O)COc1ccccc1C#N. The first-order valence-electron chi connectivity index (χ1n) is 8.17. The molecule has 0 saturated heterocycles. The number of aryl methyl sites for hydroxylation is 1. The zero-order valence-electron chi connectivity index (χ0n) is 14.6. The Hall–Kier alpha value is -3.30. The monoisotopic (exact) mass is 381 g/mol. The van der Waals surface area contributed by atoms with Gasteiger partial charge in [-0.25, -0.2) is 9.48 Å². The van der Waals surface area contributed by atoms with E-state index in [-0.39, 0.29) is 13.2 Å². The van der Waals surface area contributed by atoms with Gasteiger partial charge in [-0.15, -0.1) is 0 Å². The molecule has 136 valence electrons. The number of ether oxygens (including phenoxy) is 2. The lowest BCUT2D eigenvalue weighted by Gasteiger charge is -2.08. The smallest absolute Gasteiger partial charge is 0.344 e. The Kier molecular flexibility index (Phi) is 5.74. The molecular formula is C20H16ClN3O3. The highest BCUT2D eigenvalue weighted by molar-refractivity contribution is 6.30. The number of para-hydroxylation sites is 2. The van der Waals surface area contributed by atoms with E-state index in [0.29, 0.717) is 27.7 Å². The highest BCUT2D eigenvalue weighted by atomic mass is 35.5. The summed E-state index contributed by atoms with van der Waals surface area (Å²) in [5.74, 6) is -0.228. The van der Waals surface area contributed by atoms with Crippen molar-refractivity contribution in [3.8, 4) is 17.5 Å². The van der Waals surface area contributed by atoms with Crippen molar-refractivity contribution >= 4 is 17.6 Å². The van der Waals surface area contributed by atoms with Gasteiger partial charge in [0.1, 0.15) is 23.6 Å². The Balaban J connectivity index is 1.63. The average molecular weight is 382 g/mol. The van der Waals surface area contributed by atoms with Gasteiger partial charge in [0.15, 0.2) is 6.61 Å². The van der Waals surface area contributed by atoms with Crippen LogP contribution in [0.25, 0.3) is 5.69 Å². The minimum Gasteiger partial charge on any atom is -0.481 e. The Morgan fingerprint density at radius 2 is 1.89 bits per heavy atom. The summed E-state index contributed by atoms with van der Waals surface area (Å²) in [4.78, 5) is 12.0. The van der Waals surface area contributed by atoms with Gasteiger partial charge in [-0.1, -0.05) is 41.9 Å². The van der Waals surface area contributed by atoms with Crippen molar-refractivity contribution in [2.75, 3.05) is 6.61 Å².